The number of rotatable bonds is 9. The molecule has 3 rings (SSSR count). The molecule has 0 heterocycles. The third-order valence-corrected chi connectivity index (χ3v) is 6.03. The summed E-state index contributed by atoms with van der Waals surface area (Å²) in [6.45, 7) is -0.104. The molecule has 0 saturated carbocycles. The van der Waals surface area contributed by atoms with Gasteiger partial charge in [-0.25, -0.2) is 0 Å². The Morgan fingerprint density at radius 2 is 1.14 bits per heavy atom. The molecule has 0 fully saturated rings. The molecule has 1 atom stereocenters. The molecule has 0 amide bonds. The summed E-state index contributed by atoms with van der Waals surface area (Å²) in [5.41, 5.74) is 2.05. The highest BCUT2D eigenvalue weighted by atomic mass is 32.2. The number of benzene rings is 3. The van der Waals surface area contributed by atoms with Gasteiger partial charge in [-0.05, 0) is 42.0 Å². The predicted octanol–water partition coefficient (Wildman–Crippen LogP) is 4.59. The summed E-state index contributed by atoms with van der Waals surface area (Å²) in [7, 11) is -4.30. The van der Waals surface area contributed by atoms with Crippen molar-refractivity contribution in [1.82, 2.24) is 6.15 Å². The molecule has 0 bridgehead atoms. The number of ether oxygens (including phenoxy) is 1. The maximum atomic E-state index is 12.3. The third-order valence-electron chi connectivity index (χ3n) is 4.75. The van der Waals surface area contributed by atoms with Crippen molar-refractivity contribution in [2.24, 2.45) is 5.92 Å². The quantitative estimate of drug-likeness (QED) is 0.500. The highest BCUT2D eigenvalue weighted by molar-refractivity contribution is 7.86. The Morgan fingerprint density at radius 1 is 0.724 bits per heavy atom. The van der Waals surface area contributed by atoms with Gasteiger partial charge in [-0.2, -0.15) is 8.42 Å². The Hall–Kier alpha value is -2.67. The topological polar surface area (TPSA) is 98.6 Å². The fourth-order valence-electron chi connectivity index (χ4n) is 3.33. The van der Waals surface area contributed by atoms with E-state index in [2.05, 4.69) is 0 Å². The van der Waals surface area contributed by atoms with Gasteiger partial charge in [0.05, 0.1) is 0 Å². The van der Waals surface area contributed by atoms with Crippen LogP contribution in [-0.4, -0.2) is 24.8 Å². The first-order valence-electron chi connectivity index (χ1n) is 9.24. The molecule has 3 aromatic carbocycles. The van der Waals surface area contributed by atoms with Crippen molar-refractivity contribution in [3.8, 4) is 5.75 Å². The minimum absolute atomic E-state index is 0. The fraction of sp³-hybridized carbons (Fsp3) is 0.217. The zero-order valence-electron chi connectivity index (χ0n) is 16.2. The maximum absolute atomic E-state index is 12.3. The van der Waals surface area contributed by atoms with Gasteiger partial charge < -0.3 is 10.9 Å². The zero-order chi connectivity index (χ0) is 19.8. The largest absolute Gasteiger partial charge is 0.492 e. The smallest absolute Gasteiger partial charge is 0.271 e. The molecule has 0 radical (unpaired) electrons. The predicted molar refractivity (Wildman–Crippen MR) is 116 cm³/mol. The van der Waals surface area contributed by atoms with E-state index in [9.17, 15) is 13.0 Å². The van der Waals surface area contributed by atoms with Crippen LogP contribution in [0.5, 0.6) is 5.75 Å². The molecule has 3 aromatic rings. The van der Waals surface area contributed by atoms with Crippen LogP contribution >= 0.6 is 0 Å². The van der Waals surface area contributed by atoms with Crippen molar-refractivity contribution in [2.75, 3.05) is 6.61 Å². The van der Waals surface area contributed by atoms with Crippen molar-refractivity contribution < 1.29 is 17.7 Å². The summed E-state index contributed by atoms with van der Waals surface area (Å²) in [5, 5.41) is -1.03. The zero-order valence-corrected chi connectivity index (χ0v) is 17.0. The number of hydrogen-bond acceptors (Lipinski definition) is 4. The van der Waals surface area contributed by atoms with Gasteiger partial charge in [-0.3, -0.25) is 4.55 Å². The second-order valence-electron chi connectivity index (χ2n) is 6.82. The van der Waals surface area contributed by atoms with Crippen LogP contribution in [0.1, 0.15) is 11.1 Å². The van der Waals surface area contributed by atoms with Crippen molar-refractivity contribution in [2.45, 2.75) is 18.1 Å². The summed E-state index contributed by atoms with van der Waals surface area (Å²) in [5.74, 6) is 0.248. The summed E-state index contributed by atoms with van der Waals surface area (Å²) in [4.78, 5) is 0. The minimum Gasteiger partial charge on any atom is -0.492 e. The van der Waals surface area contributed by atoms with Crippen LogP contribution in [0.15, 0.2) is 91.0 Å². The molecule has 4 N–H and O–H groups in total. The fourth-order valence-corrected chi connectivity index (χ4v) is 4.25. The molecule has 0 spiro atoms. The van der Waals surface area contributed by atoms with E-state index in [0.717, 1.165) is 11.1 Å². The minimum atomic E-state index is -4.30. The summed E-state index contributed by atoms with van der Waals surface area (Å²) >= 11 is 0. The highest BCUT2D eigenvalue weighted by Crippen LogP contribution is 2.24. The third kappa shape index (κ3) is 7.02. The van der Waals surface area contributed by atoms with Crippen LogP contribution in [0.2, 0.25) is 0 Å². The van der Waals surface area contributed by atoms with Gasteiger partial charge in [0.2, 0.25) is 0 Å². The van der Waals surface area contributed by atoms with E-state index in [0.29, 0.717) is 18.6 Å². The lowest BCUT2D eigenvalue weighted by molar-refractivity contribution is 0.269. The second kappa shape index (κ2) is 10.8. The Balaban J connectivity index is 0.00000300. The lowest BCUT2D eigenvalue weighted by Crippen LogP contribution is -2.37. The number of para-hydroxylation sites is 1. The van der Waals surface area contributed by atoms with Crippen LogP contribution < -0.4 is 10.9 Å². The molecular weight excluding hydrogens is 386 g/mol. The highest BCUT2D eigenvalue weighted by Gasteiger charge is 2.33. The Labute approximate surface area is 172 Å². The second-order valence-corrected chi connectivity index (χ2v) is 8.45. The molecule has 0 aliphatic carbocycles. The standard InChI is InChI=1S/C23H24O4S.H3N/c24-28(25,26)23(18-27-22-14-8-3-9-15-22)21(16-19-10-4-1-5-11-19)17-20-12-6-2-7-13-20;/h1-15,21,23H,16-18H2,(H,24,25,26);1H3. The summed E-state index contributed by atoms with van der Waals surface area (Å²) < 4.78 is 40.2. The Kier molecular flexibility index (Phi) is 8.39. The summed E-state index contributed by atoms with van der Waals surface area (Å²) in [6.07, 6.45) is 1.05. The Bertz CT molecular complexity index is 906. The van der Waals surface area contributed by atoms with Gasteiger partial charge in [0.1, 0.15) is 17.6 Å². The van der Waals surface area contributed by atoms with Crippen LogP contribution in [0, 0.1) is 5.92 Å². The first-order chi connectivity index (χ1) is 13.5. The van der Waals surface area contributed by atoms with Crippen LogP contribution in [0.3, 0.4) is 0 Å². The van der Waals surface area contributed by atoms with Gasteiger partial charge >= 0.3 is 0 Å². The molecule has 0 aliphatic rings. The lowest BCUT2D eigenvalue weighted by atomic mass is 9.90. The van der Waals surface area contributed by atoms with Crippen molar-refractivity contribution in [3.05, 3.63) is 102 Å². The van der Waals surface area contributed by atoms with Gasteiger partial charge in [0, 0.05) is 0 Å². The lowest BCUT2D eigenvalue weighted by Gasteiger charge is -2.25. The van der Waals surface area contributed by atoms with E-state index < -0.39 is 15.4 Å². The first kappa shape index (κ1) is 22.6. The van der Waals surface area contributed by atoms with Gasteiger partial charge in [0.25, 0.3) is 10.1 Å². The average Bonchev–Trinajstić information content (AvgIpc) is 2.69. The molecule has 0 aliphatic heterocycles. The summed E-state index contributed by atoms with van der Waals surface area (Å²) in [6, 6.07) is 28.5. The molecule has 0 aromatic heterocycles. The van der Waals surface area contributed by atoms with Crippen LogP contribution in [0.25, 0.3) is 0 Å². The molecule has 154 valence electrons. The monoisotopic (exact) mass is 413 g/mol. The van der Waals surface area contributed by atoms with Crippen molar-refractivity contribution >= 4 is 10.1 Å². The average molecular weight is 414 g/mol. The van der Waals surface area contributed by atoms with E-state index in [1.165, 1.54) is 0 Å². The Morgan fingerprint density at radius 3 is 1.55 bits per heavy atom. The molecule has 5 nitrogen and oxygen atoms in total. The van der Waals surface area contributed by atoms with Crippen LogP contribution in [-0.2, 0) is 23.0 Å². The van der Waals surface area contributed by atoms with E-state index >= 15 is 0 Å². The van der Waals surface area contributed by atoms with E-state index in [1.54, 1.807) is 12.1 Å². The van der Waals surface area contributed by atoms with Crippen molar-refractivity contribution in [1.29, 1.82) is 0 Å². The molecular formula is C23H27NO4S. The maximum Gasteiger partial charge on any atom is 0.271 e. The molecule has 29 heavy (non-hydrogen) atoms. The van der Waals surface area contributed by atoms with E-state index in [4.69, 9.17) is 4.74 Å². The van der Waals surface area contributed by atoms with E-state index in [1.807, 2.05) is 78.9 Å². The molecule has 1 unspecified atom stereocenters. The van der Waals surface area contributed by atoms with Gasteiger partial charge in [-0.1, -0.05) is 78.9 Å². The normalized spacial score (nSPS) is 12.2. The van der Waals surface area contributed by atoms with E-state index in [-0.39, 0.29) is 18.7 Å². The van der Waals surface area contributed by atoms with Crippen molar-refractivity contribution in [3.63, 3.8) is 0 Å². The van der Waals surface area contributed by atoms with Gasteiger partial charge in [0.15, 0.2) is 0 Å². The number of hydrogen-bond donors (Lipinski definition) is 2. The molecule has 6 heteroatoms. The SMILES string of the molecule is N.O=S(=O)(O)C(COc1ccccc1)C(Cc1ccccc1)Cc1ccccc1. The first-order valence-corrected chi connectivity index (χ1v) is 10.7. The van der Waals surface area contributed by atoms with Gasteiger partial charge in [-0.15, -0.1) is 0 Å². The molecule has 0 saturated heterocycles. The van der Waals surface area contributed by atoms with Crippen LogP contribution in [0.4, 0.5) is 0 Å².